The average Bonchev–Trinajstić information content (AvgIpc) is 2.81. The lowest BCUT2D eigenvalue weighted by molar-refractivity contribution is -0.147. The fourth-order valence-corrected chi connectivity index (χ4v) is 6.81. The summed E-state index contributed by atoms with van der Waals surface area (Å²) in [6.07, 6.45) is 22.9. The maximum Gasteiger partial charge on any atom is 0.322 e. The minimum absolute atomic E-state index is 0.128. The highest BCUT2D eigenvalue weighted by atomic mass is 32.2. The number of carbonyl (C=O) groups is 2. The first-order valence-corrected chi connectivity index (χ1v) is 15.8. The number of thiocarbonyl (C=S) groups is 1. The van der Waals surface area contributed by atoms with E-state index >= 15 is 0 Å². The van der Waals surface area contributed by atoms with Crippen LogP contribution in [0.2, 0.25) is 0 Å². The first-order valence-electron chi connectivity index (χ1n) is 13.6. The van der Waals surface area contributed by atoms with Crippen LogP contribution in [0.1, 0.15) is 111 Å². The van der Waals surface area contributed by atoms with E-state index in [9.17, 15) is 9.59 Å². The van der Waals surface area contributed by atoms with Gasteiger partial charge in [0.2, 0.25) is 0 Å². The Labute approximate surface area is 233 Å². The van der Waals surface area contributed by atoms with E-state index in [1.54, 1.807) is 11.8 Å². The molecule has 0 unspecified atom stereocenters. The van der Waals surface area contributed by atoms with E-state index in [1.807, 2.05) is 19.9 Å². The van der Waals surface area contributed by atoms with Gasteiger partial charge in [-0.05, 0) is 44.4 Å². The summed E-state index contributed by atoms with van der Waals surface area (Å²) in [4.78, 5) is 24.4. The molecule has 1 atom stereocenters. The molecule has 36 heavy (non-hydrogen) atoms. The zero-order chi connectivity index (χ0) is 26.7. The molecule has 0 fully saturated rings. The second-order valence-corrected chi connectivity index (χ2v) is 13.8. The number of terminal acetylenes is 1. The van der Waals surface area contributed by atoms with Gasteiger partial charge in [-0.15, -0.1) is 24.1 Å². The predicted octanol–water partition coefficient (Wildman–Crippen LogP) is 8.27. The average molecular weight is 555 g/mol. The van der Waals surface area contributed by atoms with Crippen molar-refractivity contribution < 1.29 is 19.1 Å². The molecule has 1 aliphatic carbocycles. The van der Waals surface area contributed by atoms with Crippen LogP contribution in [0, 0.1) is 18.3 Å². The first kappa shape index (κ1) is 33.1. The molecule has 0 heterocycles. The Morgan fingerprint density at radius 2 is 1.69 bits per heavy atom. The van der Waals surface area contributed by atoms with E-state index < -0.39 is 4.75 Å². The Hall–Kier alpha value is -0.970. The van der Waals surface area contributed by atoms with Crippen molar-refractivity contribution in [3.8, 4) is 12.3 Å². The van der Waals surface area contributed by atoms with Crippen LogP contribution in [0.5, 0.6) is 0 Å². The zero-order valence-corrected chi connectivity index (χ0v) is 25.1. The summed E-state index contributed by atoms with van der Waals surface area (Å²) in [6.45, 7) is 6.54. The minimum atomic E-state index is -0.731. The van der Waals surface area contributed by atoms with E-state index in [0.29, 0.717) is 25.9 Å². The molecule has 0 N–H and O–H groups in total. The van der Waals surface area contributed by atoms with Crippen molar-refractivity contribution in [3.63, 3.8) is 0 Å². The highest BCUT2D eigenvalue weighted by Crippen LogP contribution is 2.34. The van der Waals surface area contributed by atoms with Crippen molar-refractivity contribution in [2.45, 2.75) is 115 Å². The summed E-state index contributed by atoms with van der Waals surface area (Å²) < 4.78 is 11.0. The summed E-state index contributed by atoms with van der Waals surface area (Å²) in [5, 5.41) is 0. The Balaban J connectivity index is 2.13. The van der Waals surface area contributed by atoms with Crippen molar-refractivity contribution in [1.29, 1.82) is 0 Å². The third kappa shape index (κ3) is 15.3. The largest absolute Gasteiger partial charge is 0.465 e. The predicted molar refractivity (Wildman–Crippen MR) is 159 cm³/mol. The molecule has 0 bridgehead atoms. The third-order valence-electron chi connectivity index (χ3n) is 6.25. The van der Waals surface area contributed by atoms with Gasteiger partial charge >= 0.3 is 11.9 Å². The maximum absolute atomic E-state index is 12.7. The molecule has 204 valence electrons. The third-order valence-corrected chi connectivity index (χ3v) is 9.03. The Bertz CT molecular complexity index is 739. The Kier molecular flexibility index (Phi) is 18.4. The monoisotopic (exact) mass is 554 g/mol. The second-order valence-electron chi connectivity index (χ2n) is 9.92. The number of hydrogen-bond acceptors (Lipinski definition) is 7. The minimum Gasteiger partial charge on any atom is -0.465 e. The number of hydrogen-bond donors (Lipinski definition) is 0. The quantitative estimate of drug-likeness (QED) is 0.0493. The van der Waals surface area contributed by atoms with Gasteiger partial charge in [0.05, 0.1) is 6.61 Å². The SMILES string of the molecule is C#CCCCC(=O)OC[C@@H]1CC=C1COC(=O)C(C)(C)SC(=S)SCCCCCCCCCCCC. The number of ether oxygens (including phenoxy) is 2. The summed E-state index contributed by atoms with van der Waals surface area (Å²) in [6, 6.07) is 0. The van der Waals surface area contributed by atoms with Crippen molar-refractivity contribution >= 4 is 51.2 Å². The molecule has 4 nitrogen and oxygen atoms in total. The van der Waals surface area contributed by atoms with Crippen molar-refractivity contribution in [2.24, 2.45) is 5.92 Å². The van der Waals surface area contributed by atoms with Crippen LogP contribution in [0.4, 0.5) is 0 Å². The Morgan fingerprint density at radius 3 is 2.28 bits per heavy atom. The van der Waals surface area contributed by atoms with Crippen LogP contribution in [-0.2, 0) is 19.1 Å². The van der Waals surface area contributed by atoms with Gasteiger partial charge in [0.25, 0.3) is 0 Å². The summed E-state index contributed by atoms with van der Waals surface area (Å²) in [5.41, 5.74) is 1.01. The fraction of sp³-hybridized carbons (Fsp3) is 0.759. The van der Waals surface area contributed by atoms with Gasteiger partial charge in [-0.25, -0.2) is 0 Å². The van der Waals surface area contributed by atoms with Crippen molar-refractivity contribution in [3.05, 3.63) is 11.6 Å². The van der Waals surface area contributed by atoms with Crippen molar-refractivity contribution in [1.82, 2.24) is 0 Å². The standard InChI is InChI=1S/C29H46O4S3/c1-5-7-9-10-11-12-13-14-15-17-21-35-28(34)36-29(3,4)27(31)33-23-25-20-19-24(25)22-32-26(30)18-16-8-6-2/h2,20,24H,5,7-19,21-23H2,1,3-4H3/t24-/m0/s1. The zero-order valence-electron chi connectivity index (χ0n) is 22.6. The van der Waals surface area contributed by atoms with Crippen LogP contribution in [0.25, 0.3) is 0 Å². The lowest BCUT2D eigenvalue weighted by Gasteiger charge is -2.28. The molecule has 0 amide bonds. The normalized spacial score (nSPS) is 14.9. The molecule has 1 aliphatic rings. The summed E-state index contributed by atoms with van der Waals surface area (Å²) >= 11 is 8.60. The van der Waals surface area contributed by atoms with Crippen LogP contribution >= 0.6 is 35.7 Å². The molecule has 0 aromatic carbocycles. The Morgan fingerprint density at radius 1 is 1.06 bits per heavy atom. The van der Waals surface area contributed by atoms with Gasteiger partial charge in [-0.1, -0.05) is 94.8 Å². The number of thioether (sulfide) groups is 2. The van der Waals surface area contributed by atoms with Gasteiger partial charge in [-0.3, -0.25) is 9.59 Å². The van der Waals surface area contributed by atoms with Crippen LogP contribution in [0.3, 0.4) is 0 Å². The molecular weight excluding hydrogens is 509 g/mol. The second kappa shape index (κ2) is 20.1. The topological polar surface area (TPSA) is 52.6 Å². The van der Waals surface area contributed by atoms with E-state index in [2.05, 4.69) is 12.8 Å². The molecular formula is C29H46O4S3. The van der Waals surface area contributed by atoms with E-state index in [4.69, 9.17) is 28.1 Å². The van der Waals surface area contributed by atoms with Gasteiger partial charge in [0.1, 0.15) is 14.9 Å². The summed E-state index contributed by atoms with van der Waals surface area (Å²) in [7, 11) is 0. The molecule has 7 heteroatoms. The van der Waals surface area contributed by atoms with E-state index in [1.165, 1.54) is 69.5 Å². The number of allylic oxidation sites excluding steroid dienone is 1. The molecule has 0 saturated heterocycles. The lowest BCUT2D eigenvalue weighted by Crippen LogP contribution is -2.33. The van der Waals surface area contributed by atoms with E-state index in [0.717, 1.165) is 27.7 Å². The van der Waals surface area contributed by atoms with Gasteiger partial charge in [0, 0.05) is 18.8 Å². The molecule has 0 aromatic heterocycles. The highest BCUT2D eigenvalue weighted by molar-refractivity contribution is 8.47. The molecule has 0 radical (unpaired) electrons. The molecule has 0 saturated carbocycles. The molecule has 0 aromatic rings. The lowest BCUT2D eigenvalue weighted by atomic mass is 9.86. The first-order chi connectivity index (χ1) is 17.3. The number of unbranched alkanes of at least 4 members (excludes halogenated alkanes) is 10. The number of rotatable bonds is 20. The van der Waals surface area contributed by atoms with Gasteiger partial charge in [0.15, 0.2) is 0 Å². The molecule has 1 rings (SSSR count). The maximum atomic E-state index is 12.7. The number of esters is 2. The van der Waals surface area contributed by atoms with Gasteiger partial charge < -0.3 is 9.47 Å². The van der Waals surface area contributed by atoms with Crippen LogP contribution in [0.15, 0.2) is 11.6 Å². The number of carbonyl (C=O) groups excluding carboxylic acids is 2. The summed E-state index contributed by atoms with van der Waals surface area (Å²) in [5.74, 6) is 3.15. The smallest absolute Gasteiger partial charge is 0.322 e. The van der Waals surface area contributed by atoms with E-state index in [-0.39, 0.29) is 24.5 Å². The molecule has 0 aliphatic heterocycles. The molecule has 0 spiro atoms. The van der Waals surface area contributed by atoms with Gasteiger partial charge in [-0.2, -0.15) is 0 Å². The fourth-order valence-electron chi connectivity index (χ4n) is 3.75. The van der Waals surface area contributed by atoms with Crippen LogP contribution < -0.4 is 0 Å². The highest BCUT2D eigenvalue weighted by Gasteiger charge is 2.33. The van der Waals surface area contributed by atoms with Crippen molar-refractivity contribution in [2.75, 3.05) is 19.0 Å². The van der Waals surface area contributed by atoms with Crippen LogP contribution in [-0.4, -0.2) is 39.2 Å².